The van der Waals surface area contributed by atoms with Crippen molar-refractivity contribution in [2.24, 2.45) is 0 Å². The van der Waals surface area contributed by atoms with Gasteiger partial charge in [-0.2, -0.15) is 0 Å². The second-order valence-electron chi connectivity index (χ2n) is 4.16. The number of carbonyl (C=O) groups is 1. The Hall–Kier alpha value is -1.03. The molecule has 0 aliphatic heterocycles. The maximum absolute atomic E-state index is 11.3. The summed E-state index contributed by atoms with van der Waals surface area (Å²) in [6.45, 7) is 1.93. The van der Waals surface area contributed by atoms with Gasteiger partial charge in [0.15, 0.2) is 0 Å². The Morgan fingerprint density at radius 1 is 1.50 bits per heavy atom. The minimum atomic E-state index is -0.746. The van der Waals surface area contributed by atoms with Crippen LogP contribution >= 0.6 is 15.9 Å². The first kappa shape index (κ1) is 11.5. The van der Waals surface area contributed by atoms with Gasteiger partial charge in [0.1, 0.15) is 5.75 Å². The summed E-state index contributed by atoms with van der Waals surface area (Å²) in [5, 5.41) is 9.31. The average molecular weight is 285 g/mol. The highest BCUT2D eigenvalue weighted by atomic mass is 79.9. The smallest absolute Gasteiger partial charge is 0.314 e. The third-order valence-corrected chi connectivity index (χ3v) is 3.96. The van der Waals surface area contributed by atoms with Gasteiger partial charge >= 0.3 is 5.97 Å². The zero-order valence-corrected chi connectivity index (χ0v) is 10.8. The van der Waals surface area contributed by atoms with E-state index >= 15 is 0 Å². The van der Waals surface area contributed by atoms with Crippen LogP contribution in [0.1, 0.15) is 24.0 Å². The van der Waals surface area contributed by atoms with Crippen molar-refractivity contribution < 1.29 is 14.6 Å². The molecule has 0 atom stereocenters. The third-order valence-electron chi connectivity index (χ3n) is 3.17. The van der Waals surface area contributed by atoms with E-state index < -0.39 is 11.4 Å². The molecule has 0 aromatic heterocycles. The van der Waals surface area contributed by atoms with Crippen molar-refractivity contribution >= 4 is 21.9 Å². The fraction of sp³-hybridized carbons (Fsp3) is 0.417. The summed E-state index contributed by atoms with van der Waals surface area (Å²) >= 11 is 3.45. The highest BCUT2D eigenvalue weighted by Gasteiger charge is 2.53. The van der Waals surface area contributed by atoms with Crippen LogP contribution in [-0.2, 0) is 10.2 Å². The fourth-order valence-electron chi connectivity index (χ4n) is 2.09. The van der Waals surface area contributed by atoms with Crippen LogP contribution in [-0.4, -0.2) is 18.2 Å². The Bertz CT molecular complexity index is 450. The number of methoxy groups -OCH3 is 1. The number of halogens is 1. The molecule has 1 fully saturated rings. The number of carboxylic acid groups (broad SMARTS) is 1. The van der Waals surface area contributed by atoms with Crippen molar-refractivity contribution in [1.29, 1.82) is 0 Å². The van der Waals surface area contributed by atoms with Crippen molar-refractivity contribution in [2.75, 3.05) is 7.11 Å². The summed E-state index contributed by atoms with van der Waals surface area (Å²) in [5.41, 5.74) is 1.16. The quantitative estimate of drug-likeness (QED) is 0.928. The summed E-state index contributed by atoms with van der Waals surface area (Å²) in [6.07, 6.45) is 1.41. The molecule has 16 heavy (non-hydrogen) atoms. The topological polar surface area (TPSA) is 46.5 Å². The number of hydrogen-bond acceptors (Lipinski definition) is 2. The van der Waals surface area contributed by atoms with Crippen LogP contribution in [0.15, 0.2) is 16.6 Å². The van der Waals surface area contributed by atoms with E-state index in [9.17, 15) is 9.90 Å². The van der Waals surface area contributed by atoms with Gasteiger partial charge in [-0.1, -0.05) is 6.07 Å². The molecular formula is C12H13BrO3. The predicted octanol–water partition coefficient (Wildman–Crippen LogP) is 2.88. The molecule has 1 aliphatic rings. The van der Waals surface area contributed by atoms with Gasteiger partial charge in [-0.3, -0.25) is 4.79 Å². The molecule has 0 spiro atoms. The summed E-state index contributed by atoms with van der Waals surface area (Å²) in [5.74, 6) is -0.0577. The molecule has 4 heteroatoms. The van der Waals surface area contributed by atoms with E-state index in [1.807, 2.05) is 19.1 Å². The average Bonchev–Trinajstić information content (AvgIpc) is 2.99. The lowest BCUT2D eigenvalue weighted by Gasteiger charge is -2.17. The zero-order chi connectivity index (χ0) is 11.9. The number of hydrogen-bond donors (Lipinski definition) is 1. The SMILES string of the molecule is COc1ccc(C)c(C2(C(=O)O)CC2)c1Br. The molecule has 2 rings (SSSR count). The molecule has 0 radical (unpaired) electrons. The largest absolute Gasteiger partial charge is 0.496 e. The van der Waals surface area contributed by atoms with Gasteiger partial charge in [0.25, 0.3) is 0 Å². The Balaban J connectivity index is 2.60. The van der Waals surface area contributed by atoms with Crippen LogP contribution in [0.25, 0.3) is 0 Å². The van der Waals surface area contributed by atoms with E-state index in [-0.39, 0.29) is 0 Å². The Morgan fingerprint density at radius 2 is 2.12 bits per heavy atom. The first-order valence-corrected chi connectivity index (χ1v) is 5.89. The minimum absolute atomic E-state index is 0.688. The first-order valence-electron chi connectivity index (χ1n) is 5.10. The fourth-order valence-corrected chi connectivity index (χ4v) is 3.08. The number of aryl methyl sites for hydroxylation is 1. The standard InChI is InChI=1S/C12H13BrO3/c1-7-3-4-8(16-2)10(13)9(7)12(5-6-12)11(14)15/h3-4H,5-6H2,1-2H3,(H,14,15). The number of aliphatic carboxylic acids is 1. The highest BCUT2D eigenvalue weighted by molar-refractivity contribution is 9.10. The molecule has 0 unspecified atom stereocenters. The molecule has 0 saturated heterocycles. The van der Waals surface area contributed by atoms with Crippen LogP contribution in [0.5, 0.6) is 5.75 Å². The van der Waals surface area contributed by atoms with E-state index in [0.717, 1.165) is 15.6 Å². The Morgan fingerprint density at radius 3 is 2.56 bits per heavy atom. The lowest BCUT2D eigenvalue weighted by Crippen LogP contribution is -2.21. The molecule has 1 aromatic carbocycles. The molecule has 86 valence electrons. The normalized spacial score (nSPS) is 16.9. The van der Waals surface area contributed by atoms with Gasteiger partial charge in [0.2, 0.25) is 0 Å². The van der Waals surface area contributed by atoms with Gasteiger partial charge in [-0.15, -0.1) is 0 Å². The van der Waals surface area contributed by atoms with Gasteiger partial charge in [-0.05, 0) is 52.9 Å². The van der Waals surface area contributed by atoms with Crippen molar-refractivity contribution in [3.63, 3.8) is 0 Å². The number of benzene rings is 1. The van der Waals surface area contributed by atoms with Crippen molar-refractivity contribution in [1.82, 2.24) is 0 Å². The molecule has 1 N–H and O–H groups in total. The van der Waals surface area contributed by atoms with E-state index in [2.05, 4.69) is 15.9 Å². The first-order chi connectivity index (χ1) is 7.53. The summed E-state index contributed by atoms with van der Waals surface area (Å²) in [4.78, 5) is 11.3. The number of rotatable bonds is 3. The van der Waals surface area contributed by atoms with E-state index in [0.29, 0.717) is 18.6 Å². The molecule has 0 heterocycles. The molecule has 3 nitrogen and oxygen atoms in total. The van der Waals surface area contributed by atoms with Gasteiger partial charge < -0.3 is 9.84 Å². The van der Waals surface area contributed by atoms with Crippen LogP contribution in [0.4, 0.5) is 0 Å². The molecule has 1 saturated carbocycles. The maximum atomic E-state index is 11.3. The lowest BCUT2D eigenvalue weighted by atomic mass is 9.92. The van der Waals surface area contributed by atoms with Gasteiger partial charge in [-0.25, -0.2) is 0 Å². The molecule has 0 bridgehead atoms. The maximum Gasteiger partial charge on any atom is 0.314 e. The summed E-state index contributed by atoms with van der Waals surface area (Å²) < 4.78 is 5.98. The van der Waals surface area contributed by atoms with E-state index in [1.165, 1.54) is 0 Å². The Labute approximate surface area is 103 Å². The van der Waals surface area contributed by atoms with Crippen LogP contribution in [0.2, 0.25) is 0 Å². The van der Waals surface area contributed by atoms with E-state index in [4.69, 9.17) is 4.74 Å². The molecule has 0 amide bonds. The van der Waals surface area contributed by atoms with E-state index in [1.54, 1.807) is 7.11 Å². The van der Waals surface area contributed by atoms with Crippen molar-refractivity contribution in [3.05, 3.63) is 27.7 Å². The lowest BCUT2D eigenvalue weighted by molar-refractivity contribution is -0.140. The minimum Gasteiger partial charge on any atom is -0.496 e. The molecule has 1 aromatic rings. The van der Waals surface area contributed by atoms with Crippen molar-refractivity contribution in [3.8, 4) is 5.75 Å². The molecule has 1 aliphatic carbocycles. The Kier molecular flexibility index (Phi) is 2.70. The van der Waals surface area contributed by atoms with Crippen LogP contribution in [0, 0.1) is 6.92 Å². The second kappa shape index (κ2) is 3.77. The predicted molar refractivity (Wildman–Crippen MR) is 64.0 cm³/mol. The number of ether oxygens (including phenoxy) is 1. The van der Waals surface area contributed by atoms with Gasteiger partial charge in [0.05, 0.1) is 17.0 Å². The van der Waals surface area contributed by atoms with Gasteiger partial charge in [0, 0.05) is 0 Å². The van der Waals surface area contributed by atoms with Crippen LogP contribution < -0.4 is 4.74 Å². The second-order valence-corrected chi connectivity index (χ2v) is 4.95. The zero-order valence-electron chi connectivity index (χ0n) is 9.21. The molecular weight excluding hydrogens is 272 g/mol. The summed E-state index contributed by atoms with van der Waals surface area (Å²) in [7, 11) is 1.58. The monoisotopic (exact) mass is 284 g/mol. The number of carboxylic acids is 1. The third kappa shape index (κ3) is 1.52. The summed E-state index contributed by atoms with van der Waals surface area (Å²) in [6, 6.07) is 3.75. The highest BCUT2D eigenvalue weighted by Crippen LogP contribution is 2.53. The van der Waals surface area contributed by atoms with Crippen molar-refractivity contribution in [2.45, 2.75) is 25.2 Å². The van der Waals surface area contributed by atoms with Crippen LogP contribution in [0.3, 0.4) is 0 Å².